The molecule has 0 atom stereocenters. The summed E-state index contributed by atoms with van der Waals surface area (Å²) in [4.78, 5) is 34.9. The standard InChI is InChI=1S/C19H18N4O8S/c24-18(20-13-2-1-3-14(10-13)23(26)27)12-22-16-5-4-15(11-17(16)31-19(22)25)32(28,29)21-6-8-30-9-7-21/h1-5,10-11H,6-9,12H2,(H,20,24). The zero-order valence-corrected chi connectivity index (χ0v) is 17.4. The number of nitro groups is 1. The monoisotopic (exact) mass is 462 g/mol. The van der Waals surface area contributed by atoms with E-state index in [2.05, 4.69) is 5.32 Å². The predicted molar refractivity (Wildman–Crippen MR) is 112 cm³/mol. The molecule has 1 aliphatic heterocycles. The van der Waals surface area contributed by atoms with E-state index >= 15 is 0 Å². The zero-order valence-electron chi connectivity index (χ0n) is 16.6. The van der Waals surface area contributed by atoms with Gasteiger partial charge in [0.05, 0.1) is 28.5 Å². The van der Waals surface area contributed by atoms with Gasteiger partial charge in [-0.1, -0.05) is 6.07 Å². The fraction of sp³-hybridized carbons (Fsp3) is 0.263. The van der Waals surface area contributed by atoms with E-state index in [-0.39, 0.29) is 40.5 Å². The molecule has 2 aromatic carbocycles. The lowest BCUT2D eigenvalue weighted by atomic mass is 10.3. The maximum absolute atomic E-state index is 12.8. The zero-order chi connectivity index (χ0) is 22.9. The average Bonchev–Trinajstić information content (AvgIpc) is 3.08. The summed E-state index contributed by atoms with van der Waals surface area (Å²) in [5.41, 5.74) is 0.268. The molecule has 1 N–H and O–H groups in total. The van der Waals surface area contributed by atoms with Gasteiger partial charge in [-0.25, -0.2) is 13.2 Å². The molecular weight excluding hydrogens is 444 g/mol. The molecule has 0 bridgehead atoms. The SMILES string of the molecule is O=C(Cn1c(=O)oc2cc(S(=O)(=O)N3CCOCC3)ccc21)Nc1cccc([N+](=O)[O-])c1. The number of carbonyl (C=O) groups is 1. The van der Waals surface area contributed by atoms with Gasteiger partial charge in [-0.2, -0.15) is 4.31 Å². The highest BCUT2D eigenvalue weighted by molar-refractivity contribution is 7.89. The number of nitrogens with zero attached hydrogens (tertiary/aromatic N) is 3. The highest BCUT2D eigenvalue weighted by Crippen LogP contribution is 2.23. The molecule has 13 heteroatoms. The van der Waals surface area contributed by atoms with Crippen LogP contribution in [0, 0.1) is 10.1 Å². The first-order valence-electron chi connectivity index (χ1n) is 9.51. The lowest BCUT2D eigenvalue weighted by Gasteiger charge is -2.25. The van der Waals surface area contributed by atoms with Crippen LogP contribution in [0.2, 0.25) is 0 Å². The average molecular weight is 462 g/mol. The third-order valence-electron chi connectivity index (χ3n) is 4.89. The normalized spacial score (nSPS) is 15.0. The van der Waals surface area contributed by atoms with Gasteiger partial charge in [-0.15, -0.1) is 0 Å². The summed E-state index contributed by atoms with van der Waals surface area (Å²) in [6, 6.07) is 9.36. The van der Waals surface area contributed by atoms with Gasteiger partial charge >= 0.3 is 5.76 Å². The number of nitrogens with one attached hydrogen (secondary N) is 1. The van der Waals surface area contributed by atoms with Crippen LogP contribution < -0.4 is 11.1 Å². The van der Waals surface area contributed by atoms with E-state index < -0.39 is 33.2 Å². The van der Waals surface area contributed by atoms with E-state index in [1.165, 1.54) is 46.8 Å². The van der Waals surface area contributed by atoms with Gasteiger partial charge in [0.15, 0.2) is 5.58 Å². The number of hydrogen-bond donors (Lipinski definition) is 1. The predicted octanol–water partition coefficient (Wildman–Crippen LogP) is 1.16. The third kappa shape index (κ3) is 4.26. The maximum atomic E-state index is 12.8. The van der Waals surface area contributed by atoms with Crippen molar-refractivity contribution in [3.8, 4) is 0 Å². The molecule has 0 spiro atoms. The van der Waals surface area contributed by atoms with Crippen molar-refractivity contribution in [2.24, 2.45) is 0 Å². The molecule has 0 unspecified atom stereocenters. The summed E-state index contributed by atoms with van der Waals surface area (Å²) in [6.45, 7) is 0.621. The Morgan fingerprint density at radius 2 is 1.91 bits per heavy atom. The number of benzene rings is 2. The summed E-state index contributed by atoms with van der Waals surface area (Å²) in [6.07, 6.45) is 0. The van der Waals surface area contributed by atoms with E-state index in [0.717, 1.165) is 4.57 Å². The van der Waals surface area contributed by atoms with Crippen molar-refractivity contribution < 1.29 is 27.3 Å². The number of aromatic nitrogens is 1. The minimum Gasteiger partial charge on any atom is -0.408 e. The molecule has 2 heterocycles. The van der Waals surface area contributed by atoms with E-state index in [4.69, 9.17) is 9.15 Å². The van der Waals surface area contributed by atoms with Gasteiger partial charge in [0.25, 0.3) is 5.69 Å². The molecule has 12 nitrogen and oxygen atoms in total. The molecule has 1 saturated heterocycles. The third-order valence-corrected chi connectivity index (χ3v) is 6.78. The molecule has 0 aliphatic carbocycles. The fourth-order valence-corrected chi connectivity index (χ4v) is 4.76. The number of morpholine rings is 1. The Hall–Kier alpha value is -3.55. The van der Waals surface area contributed by atoms with Crippen LogP contribution in [-0.2, 0) is 26.1 Å². The number of amides is 1. The van der Waals surface area contributed by atoms with E-state index in [9.17, 15) is 28.1 Å². The van der Waals surface area contributed by atoms with Gasteiger partial charge < -0.3 is 14.5 Å². The van der Waals surface area contributed by atoms with Gasteiger partial charge in [0.2, 0.25) is 15.9 Å². The van der Waals surface area contributed by atoms with E-state index in [1.807, 2.05) is 0 Å². The molecule has 1 amide bonds. The number of non-ortho nitro benzene ring substituents is 1. The van der Waals surface area contributed by atoms with Crippen LogP contribution in [0.3, 0.4) is 0 Å². The highest BCUT2D eigenvalue weighted by Gasteiger charge is 2.27. The summed E-state index contributed by atoms with van der Waals surface area (Å²) in [7, 11) is -3.78. The fourth-order valence-electron chi connectivity index (χ4n) is 3.33. The number of fused-ring (bicyclic) bond motifs is 1. The van der Waals surface area contributed by atoms with Crippen molar-refractivity contribution in [2.75, 3.05) is 31.6 Å². The number of ether oxygens (including phenoxy) is 1. The smallest absolute Gasteiger partial charge is 0.408 e. The highest BCUT2D eigenvalue weighted by atomic mass is 32.2. The number of oxazole rings is 1. The van der Waals surface area contributed by atoms with E-state index in [1.54, 1.807) is 0 Å². The number of rotatable bonds is 6. The van der Waals surface area contributed by atoms with Crippen molar-refractivity contribution >= 4 is 38.4 Å². The van der Waals surface area contributed by atoms with Crippen LogP contribution in [-0.4, -0.2) is 54.4 Å². The quantitative estimate of drug-likeness (QED) is 0.423. The molecule has 0 radical (unpaired) electrons. The lowest BCUT2D eigenvalue weighted by Crippen LogP contribution is -2.40. The Bertz CT molecular complexity index is 1360. The first-order chi connectivity index (χ1) is 15.3. The summed E-state index contributed by atoms with van der Waals surface area (Å²) in [5, 5.41) is 13.4. The first kappa shape index (κ1) is 21.7. The van der Waals surface area contributed by atoms with Crippen molar-refractivity contribution in [1.29, 1.82) is 0 Å². The molecule has 0 saturated carbocycles. The van der Waals surface area contributed by atoms with Crippen molar-refractivity contribution in [1.82, 2.24) is 8.87 Å². The summed E-state index contributed by atoms with van der Waals surface area (Å²) in [5.74, 6) is -1.45. The van der Waals surface area contributed by atoms with Crippen molar-refractivity contribution in [2.45, 2.75) is 11.4 Å². The molecule has 1 aliphatic rings. The minimum atomic E-state index is -3.78. The van der Waals surface area contributed by atoms with Crippen molar-refractivity contribution in [3.05, 3.63) is 63.1 Å². The number of anilines is 1. The summed E-state index contributed by atoms with van der Waals surface area (Å²) >= 11 is 0. The Morgan fingerprint density at radius 1 is 1.16 bits per heavy atom. The number of nitro benzene ring substituents is 1. The maximum Gasteiger partial charge on any atom is 0.420 e. The molecular formula is C19H18N4O8S. The Balaban J connectivity index is 1.57. The number of carbonyl (C=O) groups excluding carboxylic acids is 1. The van der Waals surface area contributed by atoms with Crippen LogP contribution >= 0.6 is 0 Å². The molecule has 4 rings (SSSR count). The topological polar surface area (TPSA) is 154 Å². The van der Waals surface area contributed by atoms with Crippen LogP contribution in [0.15, 0.2) is 56.6 Å². The van der Waals surface area contributed by atoms with Crippen LogP contribution in [0.1, 0.15) is 0 Å². The van der Waals surface area contributed by atoms with Crippen LogP contribution in [0.5, 0.6) is 0 Å². The minimum absolute atomic E-state index is 0.0208. The van der Waals surface area contributed by atoms with E-state index in [0.29, 0.717) is 13.2 Å². The Labute approximate surface area is 181 Å². The number of sulfonamides is 1. The first-order valence-corrected chi connectivity index (χ1v) is 11.0. The van der Waals surface area contributed by atoms with Crippen LogP contribution in [0.4, 0.5) is 11.4 Å². The second kappa shape index (κ2) is 8.53. The van der Waals surface area contributed by atoms with Crippen LogP contribution in [0.25, 0.3) is 11.1 Å². The molecule has 1 aromatic heterocycles. The molecule has 32 heavy (non-hydrogen) atoms. The summed E-state index contributed by atoms with van der Waals surface area (Å²) < 4.78 is 38.3. The second-order valence-corrected chi connectivity index (χ2v) is 8.89. The molecule has 3 aromatic rings. The van der Waals surface area contributed by atoms with Gasteiger partial charge in [-0.3, -0.25) is 19.5 Å². The van der Waals surface area contributed by atoms with Gasteiger partial charge in [0, 0.05) is 37.0 Å². The van der Waals surface area contributed by atoms with Crippen molar-refractivity contribution in [3.63, 3.8) is 0 Å². The van der Waals surface area contributed by atoms with Gasteiger partial charge in [-0.05, 0) is 18.2 Å². The second-order valence-electron chi connectivity index (χ2n) is 6.96. The molecule has 1 fully saturated rings. The van der Waals surface area contributed by atoms with Gasteiger partial charge in [0.1, 0.15) is 6.54 Å². The lowest BCUT2D eigenvalue weighted by molar-refractivity contribution is -0.384. The molecule has 168 valence electrons. The number of hydrogen-bond acceptors (Lipinski definition) is 8. The Morgan fingerprint density at radius 3 is 2.62 bits per heavy atom. The largest absolute Gasteiger partial charge is 0.420 e. The Kier molecular flexibility index (Phi) is 5.78.